The van der Waals surface area contributed by atoms with E-state index in [1.54, 1.807) is 37.0 Å². The number of hydrazine groups is 1. The lowest BCUT2D eigenvalue weighted by molar-refractivity contribution is 0.0843. The quantitative estimate of drug-likeness (QED) is 0.684. The Morgan fingerprint density at radius 3 is 2.18 bits per heavy atom. The molecular formula is C21H22N4O3. The standard InChI is InChI=1S/C21H22N4O3/c1-13-10-16(11-14(2)19(13)28-4)20(26)22-23-21(27)17-12-18(25(3)24-17)15-8-6-5-7-9-15/h5-12H,1-4H3,(H,22,26)(H,23,27). The predicted octanol–water partition coefficient (Wildman–Crippen LogP) is 2.79. The van der Waals surface area contributed by atoms with Crippen molar-refractivity contribution in [2.45, 2.75) is 13.8 Å². The Morgan fingerprint density at radius 1 is 0.964 bits per heavy atom. The third-order valence-electron chi connectivity index (χ3n) is 4.40. The van der Waals surface area contributed by atoms with Crippen LogP contribution < -0.4 is 15.6 Å². The number of nitrogens with zero attached hydrogens (tertiary/aromatic N) is 2. The van der Waals surface area contributed by atoms with E-state index in [0.29, 0.717) is 5.56 Å². The van der Waals surface area contributed by atoms with E-state index >= 15 is 0 Å². The molecule has 0 unspecified atom stereocenters. The molecular weight excluding hydrogens is 356 g/mol. The van der Waals surface area contributed by atoms with Gasteiger partial charge in [-0.3, -0.25) is 25.1 Å². The molecule has 1 heterocycles. The third kappa shape index (κ3) is 3.88. The minimum absolute atomic E-state index is 0.212. The summed E-state index contributed by atoms with van der Waals surface area (Å²) in [5.74, 6) is -0.169. The lowest BCUT2D eigenvalue weighted by Gasteiger charge is -2.11. The number of nitrogens with one attached hydrogen (secondary N) is 2. The van der Waals surface area contributed by atoms with Crippen molar-refractivity contribution in [3.05, 3.63) is 70.9 Å². The van der Waals surface area contributed by atoms with Crippen molar-refractivity contribution in [2.24, 2.45) is 7.05 Å². The van der Waals surface area contributed by atoms with Crippen LogP contribution in [-0.2, 0) is 7.05 Å². The van der Waals surface area contributed by atoms with Crippen LogP contribution in [0.2, 0.25) is 0 Å². The smallest absolute Gasteiger partial charge is 0.290 e. The first-order valence-electron chi connectivity index (χ1n) is 8.76. The molecule has 2 aromatic carbocycles. The Kier molecular flexibility index (Phi) is 5.44. The highest BCUT2D eigenvalue weighted by Gasteiger charge is 2.16. The van der Waals surface area contributed by atoms with Gasteiger partial charge < -0.3 is 4.74 Å². The number of carbonyl (C=O) groups excluding carboxylic acids is 2. The van der Waals surface area contributed by atoms with Crippen LogP contribution in [0.15, 0.2) is 48.5 Å². The van der Waals surface area contributed by atoms with E-state index in [1.807, 2.05) is 44.2 Å². The number of carbonyl (C=O) groups is 2. The average molecular weight is 378 g/mol. The second kappa shape index (κ2) is 7.96. The van der Waals surface area contributed by atoms with Gasteiger partial charge in [-0.25, -0.2) is 0 Å². The third-order valence-corrected chi connectivity index (χ3v) is 4.40. The Hall–Kier alpha value is -3.61. The lowest BCUT2D eigenvalue weighted by Crippen LogP contribution is -2.41. The van der Waals surface area contributed by atoms with Crippen molar-refractivity contribution < 1.29 is 14.3 Å². The normalized spacial score (nSPS) is 10.4. The zero-order valence-electron chi connectivity index (χ0n) is 16.2. The van der Waals surface area contributed by atoms with Gasteiger partial charge in [-0.15, -0.1) is 0 Å². The molecule has 1 aromatic heterocycles. The monoisotopic (exact) mass is 378 g/mol. The van der Waals surface area contributed by atoms with Gasteiger partial charge in [-0.1, -0.05) is 30.3 Å². The second-order valence-electron chi connectivity index (χ2n) is 6.46. The van der Waals surface area contributed by atoms with E-state index in [9.17, 15) is 9.59 Å². The molecule has 2 N–H and O–H groups in total. The lowest BCUT2D eigenvalue weighted by atomic mass is 10.1. The number of aryl methyl sites for hydroxylation is 3. The highest BCUT2D eigenvalue weighted by Crippen LogP contribution is 2.24. The summed E-state index contributed by atoms with van der Waals surface area (Å²) in [4.78, 5) is 24.8. The van der Waals surface area contributed by atoms with Crippen LogP contribution >= 0.6 is 0 Å². The van der Waals surface area contributed by atoms with E-state index in [1.165, 1.54) is 0 Å². The van der Waals surface area contributed by atoms with Crippen molar-refractivity contribution >= 4 is 11.8 Å². The van der Waals surface area contributed by atoms with Gasteiger partial charge in [0, 0.05) is 12.6 Å². The van der Waals surface area contributed by atoms with Gasteiger partial charge in [0.05, 0.1) is 12.8 Å². The van der Waals surface area contributed by atoms with Crippen molar-refractivity contribution in [3.63, 3.8) is 0 Å². The van der Waals surface area contributed by atoms with E-state index < -0.39 is 11.8 Å². The number of ether oxygens (including phenoxy) is 1. The fourth-order valence-electron chi connectivity index (χ4n) is 3.11. The molecule has 0 atom stereocenters. The molecule has 0 bridgehead atoms. The molecule has 0 aliphatic heterocycles. The van der Waals surface area contributed by atoms with Crippen LogP contribution in [0.5, 0.6) is 5.75 Å². The summed E-state index contributed by atoms with van der Waals surface area (Å²) in [5, 5.41) is 4.23. The van der Waals surface area contributed by atoms with Gasteiger partial charge in [0.2, 0.25) is 0 Å². The average Bonchev–Trinajstić information content (AvgIpc) is 3.08. The van der Waals surface area contributed by atoms with Crippen molar-refractivity contribution in [3.8, 4) is 17.0 Å². The fourth-order valence-corrected chi connectivity index (χ4v) is 3.11. The number of hydrogen-bond acceptors (Lipinski definition) is 4. The second-order valence-corrected chi connectivity index (χ2v) is 6.46. The van der Waals surface area contributed by atoms with Crippen LogP contribution in [-0.4, -0.2) is 28.7 Å². The van der Waals surface area contributed by atoms with Crippen LogP contribution in [0.3, 0.4) is 0 Å². The van der Waals surface area contributed by atoms with Gasteiger partial charge in [-0.2, -0.15) is 5.10 Å². The summed E-state index contributed by atoms with van der Waals surface area (Å²) in [7, 11) is 3.35. The van der Waals surface area contributed by atoms with Crippen molar-refractivity contribution in [2.75, 3.05) is 7.11 Å². The molecule has 0 fully saturated rings. The van der Waals surface area contributed by atoms with Gasteiger partial charge in [0.1, 0.15) is 5.75 Å². The molecule has 3 aromatic rings. The molecule has 0 aliphatic rings. The summed E-state index contributed by atoms with van der Waals surface area (Å²) in [6.07, 6.45) is 0. The highest BCUT2D eigenvalue weighted by atomic mass is 16.5. The minimum Gasteiger partial charge on any atom is -0.496 e. The van der Waals surface area contributed by atoms with Gasteiger partial charge in [0.15, 0.2) is 5.69 Å². The van der Waals surface area contributed by atoms with Crippen molar-refractivity contribution in [1.82, 2.24) is 20.6 Å². The number of aromatic nitrogens is 2. The molecule has 0 saturated heterocycles. The van der Waals surface area contributed by atoms with E-state index in [4.69, 9.17) is 4.74 Å². The molecule has 0 radical (unpaired) electrons. The number of benzene rings is 2. The Labute approximate surface area is 163 Å². The largest absolute Gasteiger partial charge is 0.496 e. The molecule has 7 nitrogen and oxygen atoms in total. The molecule has 2 amide bonds. The molecule has 0 saturated carbocycles. The molecule has 0 spiro atoms. The van der Waals surface area contributed by atoms with Crippen LogP contribution in [0.1, 0.15) is 32.0 Å². The predicted molar refractivity (Wildman–Crippen MR) is 106 cm³/mol. The number of amides is 2. The maximum absolute atomic E-state index is 12.4. The van der Waals surface area contributed by atoms with Crippen LogP contribution in [0.25, 0.3) is 11.3 Å². The van der Waals surface area contributed by atoms with E-state index in [-0.39, 0.29) is 5.69 Å². The summed E-state index contributed by atoms with van der Waals surface area (Å²) in [5.41, 5.74) is 8.92. The summed E-state index contributed by atoms with van der Waals surface area (Å²) in [6.45, 7) is 3.72. The van der Waals surface area contributed by atoms with Gasteiger partial charge in [0.25, 0.3) is 11.8 Å². The molecule has 0 aliphatic carbocycles. The molecule has 7 heteroatoms. The fraction of sp³-hybridized carbons (Fsp3) is 0.190. The SMILES string of the molecule is COc1c(C)cc(C(=O)NNC(=O)c2cc(-c3ccccc3)n(C)n2)cc1C. The summed E-state index contributed by atoms with van der Waals surface area (Å²) >= 11 is 0. The molecule has 28 heavy (non-hydrogen) atoms. The topological polar surface area (TPSA) is 85.3 Å². The van der Waals surface area contributed by atoms with Crippen LogP contribution in [0.4, 0.5) is 0 Å². The first kappa shape index (κ1) is 19.2. The zero-order valence-corrected chi connectivity index (χ0v) is 16.2. The van der Waals surface area contributed by atoms with Crippen molar-refractivity contribution in [1.29, 1.82) is 0 Å². The van der Waals surface area contributed by atoms with Crippen LogP contribution in [0, 0.1) is 13.8 Å². The highest BCUT2D eigenvalue weighted by molar-refractivity contribution is 5.99. The maximum Gasteiger partial charge on any atom is 0.290 e. The minimum atomic E-state index is -0.493. The first-order valence-corrected chi connectivity index (χ1v) is 8.76. The number of rotatable bonds is 4. The van der Waals surface area contributed by atoms with Gasteiger partial charge >= 0.3 is 0 Å². The summed E-state index contributed by atoms with van der Waals surface area (Å²) < 4.78 is 6.93. The van der Waals surface area contributed by atoms with Gasteiger partial charge in [-0.05, 0) is 48.7 Å². The Balaban J connectivity index is 1.70. The van der Waals surface area contributed by atoms with E-state index in [0.717, 1.165) is 28.1 Å². The summed E-state index contributed by atoms with van der Waals surface area (Å²) in [6, 6.07) is 14.7. The Morgan fingerprint density at radius 2 is 1.57 bits per heavy atom. The van der Waals surface area contributed by atoms with E-state index in [2.05, 4.69) is 16.0 Å². The number of hydrogen-bond donors (Lipinski definition) is 2. The maximum atomic E-state index is 12.4. The molecule has 144 valence electrons. The molecule has 3 rings (SSSR count). The zero-order chi connectivity index (χ0) is 20.3. The first-order chi connectivity index (χ1) is 13.4. The Bertz CT molecular complexity index is 1000. The number of methoxy groups -OCH3 is 1.